The van der Waals surface area contributed by atoms with Crippen LogP contribution in [-0.2, 0) is 10.9 Å². The Kier molecular flexibility index (Phi) is 7.16. The molecule has 3 heterocycles. The van der Waals surface area contributed by atoms with Crippen molar-refractivity contribution in [2.24, 2.45) is 11.8 Å². The Morgan fingerprint density at radius 2 is 1.65 bits per heavy atom. The van der Waals surface area contributed by atoms with Crippen molar-refractivity contribution < 1.29 is 17.9 Å². The fraction of sp³-hybridized carbons (Fsp3) is 0.571. The van der Waals surface area contributed by atoms with Crippen molar-refractivity contribution in [2.75, 3.05) is 18.4 Å². The molecule has 0 radical (unpaired) electrons. The summed E-state index contributed by atoms with van der Waals surface area (Å²) in [6.07, 6.45) is 4.51. The van der Waals surface area contributed by atoms with Gasteiger partial charge in [0.1, 0.15) is 0 Å². The van der Waals surface area contributed by atoms with Crippen LogP contribution in [0.3, 0.4) is 0 Å². The topological polar surface area (TPSA) is 33.3 Å². The lowest BCUT2D eigenvalue weighted by molar-refractivity contribution is -0.138. The van der Waals surface area contributed by atoms with Crippen LogP contribution in [0.4, 0.5) is 18.9 Å². The van der Waals surface area contributed by atoms with Crippen LogP contribution >= 0.6 is 0 Å². The van der Waals surface area contributed by atoms with Crippen LogP contribution in [0.1, 0.15) is 80.2 Å². The first kappa shape index (κ1) is 23.7. The predicted octanol–water partition coefficient (Wildman–Crippen LogP) is 7.27. The highest BCUT2D eigenvalue weighted by Crippen LogP contribution is 2.51. The van der Waals surface area contributed by atoms with Crippen molar-refractivity contribution in [3.05, 3.63) is 65.2 Å². The van der Waals surface area contributed by atoms with Gasteiger partial charge in [0.05, 0.1) is 23.8 Å². The fourth-order valence-corrected chi connectivity index (χ4v) is 6.11. The number of fused-ring (bicyclic) bond motifs is 3. The van der Waals surface area contributed by atoms with Crippen molar-refractivity contribution in [1.29, 1.82) is 0 Å². The van der Waals surface area contributed by atoms with Crippen LogP contribution in [0.15, 0.2) is 48.5 Å². The van der Waals surface area contributed by atoms with Gasteiger partial charge in [-0.05, 0) is 74.9 Å². The Morgan fingerprint density at radius 1 is 0.882 bits per heavy atom. The summed E-state index contributed by atoms with van der Waals surface area (Å²) >= 11 is 0. The Balaban J connectivity index is 1.31. The summed E-state index contributed by atoms with van der Waals surface area (Å²) in [6.45, 7) is 2.27. The average molecular weight is 473 g/mol. The Morgan fingerprint density at radius 3 is 2.41 bits per heavy atom. The molecule has 0 unspecified atom stereocenters. The molecule has 2 saturated heterocycles. The third kappa shape index (κ3) is 5.28. The molecule has 2 aromatic rings. The van der Waals surface area contributed by atoms with E-state index in [0.29, 0.717) is 5.56 Å². The minimum Gasteiger partial charge on any atom is -0.378 e. The summed E-state index contributed by atoms with van der Waals surface area (Å²) in [5.74, 6) is 0.950. The van der Waals surface area contributed by atoms with Gasteiger partial charge in [-0.2, -0.15) is 13.2 Å². The van der Waals surface area contributed by atoms with Gasteiger partial charge in [-0.25, -0.2) is 0 Å². The summed E-state index contributed by atoms with van der Waals surface area (Å²) in [7, 11) is 0. The number of nitrogens with one attached hydrogen (secondary N) is 2. The maximum Gasteiger partial charge on any atom is 0.416 e. The van der Waals surface area contributed by atoms with Gasteiger partial charge in [0.15, 0.2) is 0 Å². The summed E-state index contributed by atoms with van der Waals surface area (Å²) in [4.78, 5) is 0. The highest BCUT2D eigenvalue weighted by molar-refractivity contribution is 5.58. The van der Waals surface area contributed by atoms with Crippen LogP contribution in [0, 0.1) is 11.8 Å². The zero-order valence-corrected chi connectivity index (χ0v) is 19.6. The van der Waals surface area contributed by atoms with Crippen LogP contribution in [0.5, 0.6) is 0 Å². The second-order valence-electron chi connectivity index (χ2n) is 10.2. The Hall–Kier alpha value is -2.05. The SMILES string of the molecule is FC(F)(F)c1ccc2c(c1)[C@H]1O[C@@H](CCCCC3CCNCC3)CC[C@H]1[C@H](c1ccccc1)N2. The minimum atomic E-state index is -4.36. The van der Waals surface area contributed by atoms with E-state index in [-0.39, 0.29) is 24.2 Å². The van der Waals surface area contributed by atoms with E-state index in [0.717, 1.165) is 55.9 Å². The molecule has 0 amide bonds. The second kappa shape index (κ2) is 10.3. The van der Waals surface area contributed by atoms with Gasteiger partial charge >= 0.3 is 6.18 Å². The van der Waals surface area contributed by atoms with Gasteiger partial charge in [-0.3, -0.25) is 0 Å². The Bertz CT molecular complexity index is 942. The molecule has 184 valence electrons. The molecule has 2 fully saturated rings. The first-order valence-electron chi connectivity index (χ1n) is 12.9. The molecule has 34 heavy (non-hydrogen) atoms. The summed E-state index contributed by atoms with van der Waals surface area (Å²) < 4.78 is 47.1. The molecule has 0 aliphatic carbocycles. The Labute approximate surface area is 200 Å². The minimum absolute atomic E-state index is 0.0382. The number of anilines is 1. The van der Waals surface area contributed by atoms with Crippen molar-refractivity contribution >= 4 is 5.69 Å². The first-order chi connectivity index (χ1) is 16.5. The molecule has 0 saturated carbocycles. The molecule has 2 aromatic carbocycles. The van der Waals surface area contributed by atoms with E-state index in [1.807, 2.05) is 18.2 Å². The molecule has 2 N–H and O–H groups in total. The molecule has 3 aliphatic rings. The van der Waals surface area contributed by atoms with Gasteiger partial charge in [0, 0.05) is 17.2 Å². The molecule has 4 atom stereocenters. The van der Waals surface area contributed by atoms with Gasteiger partial charge in [-0.15, -0.1) is 0 Å². The number of rotatable bonds is 6. The lowest BCUT2D eigenvalue weighted by Crippen LogP contribution is -2.39. The predicted molar refractivity (Wildman–Crippen MR) is 129 cm³/mol. The normalized spacial score (nSPS) is 27.5. The van der Waals surface area contributed by atoms with Gasteiger partial charge in [0.2, 0.25) is 0 Å². The fourth-order valence-electron chi connectivity index (χ4n) is 6.11. The number of piperidine rings is 1. The van der Waals surface area contributed by atoms with Crippen molar-refractivity contribution in [1.82, 2.24) is 5.32 Å². The van der Waals surface area contributed by atoms with E-state index in [1.54, 1.807) is 6.07 Å². The molecule has 3 aliphatic heterocycles. The number of hydrogen-bond donors (Lipinski definition) is 2. The highest BCUT2D eigenvalue weighted by Gasteiger charge is 2.43. The molecule has 6 heteroatoms. The standard InChI is InChI=1S/C28H35F3N2O/c29-28(30,31)21-10-13-25-24(18-21)27-23(26(33-25)20-7-2-1-3-8-20)12-11-22(34-27)9-5-4-6-19-14-16-32-17-15-19/h1-3,7-8,10,13,18-19,22-23,26-27,32-33H,4-6,9,11-12,14-17H2/t22-,23-,26-,27-/m0/s1. The van der Waals surface area contributed by atoms with E-state index in [2.05, 4.69) is 22.8 Å². The molecule has 0 spiro atoms. The molecule has 5 rings (SSSR count). The molecule has 3 nitrogen and oxygen atoms in total. The summed E-state index contributed by atoms with van der Waals surface area (Å²) in [6, 6.07) is 14.3. The first-order valence-corrected chi connectivity index (χ1v) is 12.9. The molecular formula is C28H35F3N2O. The zero-order valence-electron chi connectivity index (χ0n) is 19.6. The van der Waals surface area contributed by atoms with E-state index in [9.17, 15) is 13.2 Å². The van der Waals surface area contributed by atoms with E-state index in [1.165, 1.54) is 37.8 Å². The van der Waals surface area contributed by atoms with Gasteiger partial charge < -0.3 is 15.4 Å². The number of halogens is 3. The molecule has 0 aromatic heterocycles. The number of alkyl halides is 3. The maximum absolute atomic E-state index is 13.5. The van der Waals surface area contributed by atoms with Crippen molar-refractivity contribution in [3.63, 3.8) is 0 Å². The average Bonchev–Trinajstić information content (AvgIpc) is 2.86. The summed E-state index contributed by atoms with van der Waals surface area (Å²) in [5.41, 5.74) is 1.98. The van der Waals surface area contributed by atoms with Crippen LogP contribution in [-0.4, -0.2) is 19.2 Å². The van der Waals surface area contributed by atoms with E-state index < -0.39 is 11.7 Å². The zero-order chi connectivity index (χ0) is 23.5. The number of benzene rings is 2. The van der Waals surface area contributed by atoms with Crippen LogP contribution in [0.25, 0.3) is 0 Å². The monoisotopic (exact) mass is 472 g/mol. The van der Waals surface area contributed by atoms with E-state index in [4.69, 9.17) is 4.74 Å². The van der Waals surface area contributed by atoms with Crippen molar-refractivity contribution in [2.45, 2.75) is 75.8 Å². The lowest BCUT2D eigenvalue weighted by atomic mass is 9.76. The van der Waals surface area contributed by atoms with Crippen LogP contribution in [0.2, 0.25) is 0 Å². The number of hydrogen-bond acceptors (Lipinski definition) is 3. The van der Waals surface area contributed by atoms with E-state index >= 15 is 0 Å². The third-order valence-corrected chi connectivity index (χ3v) is 7.98. The second-order valence-corrected chi connectivity index (χ2v) is 10.2. The summed E-state index contributed by atoms with van der Waals surface area (Å²) in [5, 5.41) is 6.97. The molecule has 0 bridgehead atoms. The smallest absolute Gasteiger partial charge is 0.378 e. The number of ether oxygens (including phenoxy) is 1. The van der Waals surface area contributed by atoms with Crippen molar-refractivity contribution in [3.8, 4) is 0 Å². The highest BCUT2D eigenvalue weighted by atomic mass is 19.4. The quantitative estimate of drug-likeness (QED) is 0.434. The molecular weight excluding hydrogens is 437 g/mol. The largest absolute Gasteiger partial charge is 0.416 e. The maximum atomic E-state index is 13.5. The van der Waals surface area contributed by atoms with Gasteiger partial charge in [0.25, 0.3) is 0 Å². The number of unbranched alkanes of at least 4 members (excludes halogenated alkanes) is 1. The van der Waals surface area contributed by atoms with Gasteiger partial charge in [-0.1, -0.05) is 49.6 Å². The van der Waals surface area contributed by atoms with Crippen LogP contribution < -0.4 is 10.6 Å². The lowest BCUT2D eigenvalue weighted by Gasteiger charge is -2.46. The third-order valence-electron chi connectivity index (χ3n) is 7.98.